The third-order valence-electron chi connectivity index (χ3n) is 0.854. The predicted octanol–water partition coefficient (Wildman–Crippen LogP) is 0.479. The van der Waals surface area contributed by atoms with E-state index in [1.54, 1.807) is 17.1 Å². The van der Waals surface area contributed by atoms with Crippen LogP contribution in [0.15, 0.2) is 12.5 Å². The molecular weight excluding hydrogens is 88.1 g/mol. The number of rotatable bonds is 0. The lowest BCUT2D eigenvalue weighted by Crippen LogP contribution is -1.84. The second-order valence-corrected chi connectivity index (χ2v) is 1.43. The van der Waals surface area contributed by atoms with Gasteiger partial charge in [0, 0.05) is 25.9 Å². The Morgan fingerprint density at radius 3 is 2.71 bits per heavy atom. The van der Waals surface area contributed by atoms with Gasteiger partial charge in [0.05, 0.1) is 6.33 Å². The highest BCUT2D eigenvalue weighted by atomic mass is 15.0. The van der Waals surface area contributed by atoms with Crippen LogP contribution >= 0.6 is 0 Å². The van der Waals surface area contributed by atoms with Crippen LogP contribution < -0.4 is 0 Å². The highest BCUT2D eigenvalue weighted by Gasteiger charge is 1.84. The SMILES string of the molecule is [CH]c1cncn1C. The summed E-state index contributed by atoms with van der Waals surface area (Å²) in [6.45, 7) is 5.34. The third-order valence-corrected chi connectivity index (χ3v) is 0.854. The molecule has 0 aliphatic rings. The topological polar surface area (TPSA) is 17.8 Å². The molecular formula is C5H6N2. The Kier molecular flexibility index (Phi) is 0.855. The molecule has 0 saturated heterocycles. The minimum absolute atomic E-state index is 0.694. The zero-order valence-electron chi connectivity index (χ0n) is 4.13. The zero-order chi connectivity index (χ0) is 5.28. The Balaban J connectivity index is 3.12. The number of aromatic nitrogens is 2. The number of imidazole rings is 1. The van der Waals surface area contributed by atoms with Gasteiger partial charge in [-0.1, -0.05) is 0 Å². The van der Waals surface area contributed by atoms with E-state index in [2.05, 4.69) is 4.98 Å². The van der Waals surface area contributed by atoms with E-state index in [-0.39, 0.29) is 0 Å². The summed E-state index contributed by atoms with van der Waals surface area (Å²) in [6, 6.07) is 0. The second kappa shape index (κ2) is 1.37. The summed E-state index contributed by atoms with van der Waals surface area (Å²) in [5.41, 5.74) is 0.694. The lowest BCUT2D eigenvalue weighted by Gasteiger charge is -1.86. The maximum atomic E-state index is 5.34. The predicted molar refractivity (Wildman–Crippen MR) is 26.6 cm³/mol. The lowest BCUT2D eigenvalue weighted by molar-refractivity contribution is 0.893. The summed E-state index contributed by atoms with van der Waals surface area (Å²) in [7, 11) is 1.85. The normalized spacial score (nSPS) is 9.43. The highest BCUT2D eigenvalue weighted by Crippen LogP contribution is 1.88. The molecule has 0 amide bonds. The molecule has 2 nitrogen and oxygen atoms in total. The fourth-order valence-corrected chi connectivity index (χ4v) is 0.367. The summed E-state index contributed by atoms with van der Waals surface area (Å²) in [5.74, 6) is 0. The quantitative estimate of drug-likeness (QED) is 0.457. The van der Waals surface area contributed by atoms with Crippen LogP contribution in [0.3, 0.4) is 0 Å². The van der Waals surface area contributed by atoms with Crippen LogP contribution in [0.25, 0.3) is 0 Å². The fraction of sp³-hybridized carbons (Fsp3) is 0.200. The van der Waals surface area contributed by atoms with Gasteiger partial charge in [-0.05, 0) is 0 Å². The molecule has 0 N–H and O–H groups in total. The van der Waals surface area contributed by atoms with E-state index in [0.717, 1.165) is 0 Å². The molecule has 36 valence electrons. The highest BCUT2D eigenvalue weighted by molar-refractivity contribution is 5.00. The van der Waals surface area contributed by atoms with E-state index in [1.165, 1.54) is 0 Å². The van der Waals surface area contributed by atoms with Crippen molar-refractivity contribution in [3.63, 3.8) is 0 Å². The van der Waals surface area contributed by atoms with Crippen molar-refractivity contribution < 1.29 is 0 Å². The van der Waals surface area contributed by atoms with Crippen molar-refractivity contribution in [2.75, 3.05) is 0 Å². The van der Waals surface area contributed by atoms with Gasteiger partial charge in [-0.25, -0.2) is 4.98 Å². The monoisotopic (exact) mass is 94.1 g/mol. The first-order chi connectivity index (χ1) is 3.30. The van der Waals surface area contributed by atoms with E-state index >= 15 is 0 Å². The van der Waals surface area contributed by atoms with Crippen molar-refractivity contribution in [3.05, 3.63) is 25.1 Å². The van der Waals surface area contributed by atoms with E-state index in [0.29, 0.717) is 5.69 Å². The van der Waals surface area contributed by atoms with Crippen LogP contribution in [-0.2, 0) is 7.05 Å². The molecule has 1 heterocycles. The van der Waals surface area contributed by atoms with Crippen molar-refractivity contribution in [3.8, 4) is 0 Å². The molecule has 0 bridgehead atoms. The van der Waals surface area contributed by atoms with Gasteiger partial charge < -0.3 is 4.57 Å². The lowest BCUT2D eigenvalue weighted by atomic mass is 10.5. The molecule has 0 atom stereocenters. The molecule has 0 spiro atoms. The molecule has 0 unspecified atom stereocenters. The molecule has 7 heavy (non-hydrogen) atoms. The minimum atomic E-state index is 0.694. The maximum Gasteiger partial charge on any atom is 0.0945 e. The molecule has 2 radical (unpaired) electrons. The number of hydrogen-bond acceptors (Lipinski definition) is 1. The van der Waals surface area contributed by atoms with Gasteiger partial charge >= 0.3 is 0 Å². The molecule has 0 aromatic carbocycles. The van der Waals surface area contributed by atoms with Crippen LogP contribution in [0, 0.1) is 6.92 Å². The smallest absolute Gasteiger partial charge is 0.0945 e. The minimum Gasteiger partial charge on any atom is -0.337 e. The largest absolute Gasteiger partial charge is 0.337 e. The molecule has 0 aliphatic heterocycles. The van der Waals surface area contributed by atoms with Crippen molar-refractivity contribution in [1.29, 1.82) is 0 Å². The average molecular weight is 94.1 g/mol. The van der Waals surface area contributed by atoms with E-state index in [4.69, 9.17) is 6.92 Å². The molecule has 1 aromatic rings. The van der Waals surface area contributed by atoms with Crippen molar-refractivity contribution in [2.45, 2.75) is 0 Å². The Bertz CT molecular complexity index is 138. The first kappa shape index (κ1) is 4.37. The molecule has 2 heteroatoms. The van der Waals surface area contributed by atoms with Gasteiger partial charge in [-0.3, -0.25) is 0 Å². The Hall–Kier alpha value is -0.790. The number of nitrogens with zero attached hydrogens (tertiary/aromatic N) is 2. The Labute approximate surface area is 42.8 Å². The summed E-state index contributed by atoms with van der Waals surface area (Å²) in [6.07, 6.45) is 3.27. The molecule has 1 rings (SSSR count). The van der Waals surface area contributed by atoms with Gasteiger partial charge in [0.1, 0.15) is 0 Å². The fourth-order valence-electron chi connectivity index (χ4n) is 0.367. The summed E-state index contributed by atoms with van der Waals surface area (Å²) >= 11 is 0. The molecule has 1 aromatic heterocycles. The van der Waals surface area contributed by atoms with Gasteiger partial charge in [0.2, 0.25) is 0 Å². The van der Waals surface area contributed by atoms with E-state index in [1.807, 2.05) is 7.05 Å². The van der Waals surface area contributed by atoms with Gasteiger partial charge in [0.15, 0.2) is 0 Å². The summed E-state index contributed by atoms with van der Waals surface area (Å²) < 4.78 is 1.75. The van der Waals surface area contributed by atoms with E-state index in [9.17, 15) is 0 Å². The van der Waals surface area contributed by atoms with Crippen LogP contribution in [0.4, 0.5) is 0 Å². The standard InChI is InChI=1S/C5H6N2/c1-5-3-6-4-7(5)2/h1,3-4H,2H3. The molecule has 0 fully saturated rings. The van der Waals surface area contributed by atoms with Crippen LogP contribution in [0.2, 0.25) is 0 Å². The van der Waals surface area contributed by atoms with Crippen LogP contribution in [0.5, 0.6) is 0 Å². The summed E-state index contributed by atoms with van der Waals surface area (Å²) in [5, 5.41) is 0. The molecule has 0 saturated carbocycles. The first-order valence-corrected chi connectivity index (χ1v) is 2.02. The number of hydrogen-bond donors (Lipinski definition) is 0. The van der Waals surface area contributed by atoms with Crippen LogP contribution in [-0.4, -0.2) is 9.55 Å². The third kappa shape index (κ3) is 0.633. The van der Waals surface area contributed by atoms with Crippen molar-refractivity contribution >= 4 is 0 Å². The second-order valence-electron chi connectivity index (χ2n) is 1.43. The van der Waals surface area contributed by atoms with Crippen molar-refractivity contribution in [2.24, 2.45) is 7.05 Å². The van der Waals surface area contributed by atoms with Gasteiger partial charge in [0.25, 0.3) is 0 Å². The van der Waals surface area contributed by atoms with E-state index < -0.39 is 0 Å². The average Bonchev–Trinajstić information content (AvgIpc) is 1.91. The van der Waals surface area contributed by atoms with Gasteiger partial charge in [-0.15, -0.1) is 0 Å². The van der Waals surface area contributed by atoms with Crippen LogP contribution in [0.1, 0.15) is 5.69 Å². The first-order valence-electron chi connectivity index (χ1n) is 2.02. The van der Waals surface area contributed by atoms with Gasteiger partial charge in [-0.2, -0.15) is 0 Å². The Morgan fingerprint density at radius 2 is 2.57 bits per heavy atom. The zero-order valence-corrected chi connectivity index (χ0v) is 4.13. The number of aryl methyl sites for hydroxylation is 1. The summed E-state index contributed by atoms with van der Waals surface area (Å²) in [4.78, 5) is 3.76. The van der Waals surface area contributed by atoms with Crippen molar-refractivity contribution in [1.82, 2.24) is 9.55 Å². The maximum absolute atomic E-state index is 5.34. The molecule has 0 aliphatic carbocycles. The Morgan fingerprint density at radius 1 is 1.86 bits per heavy atom.